The SMILES string of the molecule is CC1(C)[C@H]2CC(O)C3(CO3)[C@@H]1C2. The third kappa shape index (κ3) is 0.579. The first-order valence-electron chi connectivity index (χ1n) is 4.89. The third-order valence-electron chi connectivity index (χ3n) is 4.61. The van der Waals surface area contributed by atoms with E-state index in [2.05, 4.69) is 13.8 Å². The fourth-order valence-electron chi connectivity index (χ4n) is 3.42. The van der Waals surface area contributed by atoms with Crippen molar-refractivity contribution in [1.29, 1.82) is 0 Å². The molecule has 0 aromatic rings. The third-order valence-corrected chi connectivity index (χ3v) is 4.61. The molecule has 4 fully saturated rings. The molecular formula is C10H16O2. The van der Waals surface area contributed by atoms with Gasteiger partial charge in [0.15, 0.2) is 0 Å². The van der Waals surface area contributed by atoms with Crippen molar-refractivity contribution >= 4 is 0 Å². The number of aliphatic hydroxyl groups is 1. The summed E-state index contributed by atoms with van der Waals surface area (Å²) in [4.78, 5) is 0. The van der Waals surface area contributed by atoms with Gasteiger partial charge in [-0.1, -0.05) is 13.8 Å². The van der Waals surface area contributed by atoms with Crippen LogP contribution in [0.25, 0.3) is 0 Å². The molecule has 4 rings (SSSR count). The van der Waals surface area contributed by atoms with Crippen LogP contribution in [-0.4, -0.2) is 23.4 Å². The minimum atomic E-state index is -0.172. The van der Waals surface area contributed by atoms with Gasteiger partial charge < -0.3 is 9.84 Å². The predicted molar refractivity (Wildman–Crippen MR) is 44.7 cm³/mol. The Morgan fingerprint density at radius 3 is 2.42 bits per heavy atom. The van der Waals surface area contributed by atoms with Gasteiger partial charge in [-0.15, -0.1) is 0 Å². The van der Waals surface area contributed by atoms with E-state index in [9.17, 15) is 5.11 Å². The van der Waals surface area contributed by atoms with E-state index in [4.69, 9.17) is 4.74 Å². The van der Waals surface area contributed by atoms with Crippen molar-refractivity contribution in [2.24, 2.45) is 17.3 Å². The summed E-state index contributed by atoms with van der Waals surface area (Å²) >= 11 is 0. The van der Waals surface area contributed by atoms with Crippen molar-refractivity contribution in [2.45, 2.75) is 38.4 Å². The van der Waals surface area contributed by atoms with Crippen LogP contribution in [0.15, 0.2) is 0 Å². The van der Waals surface area contributed by atoms with Crippen LogP contribution in [0, 0.1) is 17.3 Å². The lowest BCUT2D eigenvalue weighted by Gasteiger charge is -2.60. The quantitative estimate of drug-likeness (QED) is 0.551. The van der Waals surface area contributed by atoms with Crippen LogP contribution in [0.3, 0.4) is 0 Å². The minimum Gasteiger partial charge on any atom is -0.390 e. The standard InChI is InChI=1S/C10H16O2/c1-9(2)6-3-7(9)10(5-12-10)8(11)4-6/h6-8,11H,3-5H2,1-2H3/t6-,7-,8?,10?/m1/s1. The number of aliphatic hydroxyl groups excluding tert-OH is 1. The van der Waals surface area contributed by atoms with Crippen molar-refractivity contribution in [3.05, 3.63) is 0 Å². The van der Waals surface area contributed by atoms with Gasteiger partial charge in [0.25, 0.3) is 0 Å². The van der Waals surface area contributed by atoms with Crippen LogP contribution < -0.4 is 0 Å². The molecule has 1 N–H and O–H groups in total. The topological polar surface area (TPSA) is 32.8 Å². The van der Waals surface area contributed by atoms with E-state index in [1.165, 1.54) is 6.42 Å². The van der Waals surface area contributed by atoms with E-state index in [-0.39, 0.29) is 11.7 Å². The van der Waals surface area contributed by atoms with Gasteiger partial charge in [-0.05, 0) is 30.1 Å². The molecule has 2 nitrogen and oxygen atoms in total. The monoisotopic (exact) mass is 168 g/mol. The highest BCUT2D eigenvalue weighted by atomic mass is 16.6. The van der Waals surface area contributed by atoms with E-state index < -0.39 is 0 Å². The normalized spacial score (nSPS) is 59.8. The molecule has 12 heavy (non-hydrogen) atoms. The first-order chi connectivity index (χ1) is 5.57. The Kier molecular flexibility index (Phi) is 1.06. The molecule has 0 radical (unpaired) electrons. The zero-order valence-corrected chi connectivity index (χ0v) is 7.71. The maximum Gasteiger partial charge on any atom is 0.121 e. The lowest BCUT2D eigenvalue weighted by Crippen LogP contribution is -2.62. The predicted octanol–water partition coefficient (Wildman–Crippen LogP) is 1.18. The van der Waals surface area contributed by atoms with Gasteiger partial charge in [0, 0.05) is 0 Å². The lowest BCUT2D eigenvalue weighted by atomic mass is 9.44. The molecular weight excluding hydrogens is 152 g/mol. The van der Waals surface area contributed by atoms with E-state index in [1.807, 2.05) is 0 Å². The molecule has 0 aromatic heterocycles. The van der Waals surface area contributed by atoms with Crippen LogP contribution in [0.1, 0.15) is 26.7 Å². The number of epoxide rings is 1. The van der Waals surface area contributed by atoms with E-state index in [0.717, 1.165) is 18.9 Å². The highest BCUT2D eigenvalue weighted by molar-refractivity contribution is 5.19. The van der Waals surface area contributed by atoms with Crippen molar-refractivity contribution < 1.29 is 9.84 Å². The smallest absolute Gasteiger partial charge is 0.121 e. The molecule has 2 bridgehead atoms. The summed E-state index contributed by atoms with van der Waals surface area (Å²) in [6, 6.07) is 0. The molecule has 68 valence electrons. The second kappa shape index (κ2) is 1.73. The molecule has 4 aliphatic rings. The Morgan fingerprint density at radius 2 is 2.00 bits per heavy atom. The maximum atomic E-state index is 9.81. The summed E-state index contributed by atoms with van der Waals surface area (Å²) < 4.78 is 5.49. The van der Waals surface area contributed by atoms with Gasteiger partial charge in [-0.25, -0.2) is 0 Å². The molecule has 4 atom stereocenters. The van der Waals surface area contributed by atoms with Gasteiger partial charge in [-0.3, -0.25) is 0 Å². The van der Waals surface area contributed by atoms with E-state index >= 15 is 0 Å². The van der Waals surface area contributed by atoms with Gasteiger partial charge >= 0.3 is 0 Å². The molecule has 0 aromatic carbocycles. The molecule has 3 saturated carbocycles. The van der Waals surface area contributed by atoms with Crippen molar-refractivity contribution in [1.82, 2.24) is 0 Å². The lowest BCUT2D eigenvalue weighted by molar-refractivity contribution is -0.170. The molecule has 1 aliphatic heterocycles. The fraction of sp³-hybridized carbons (Fsp3) is 1.00. The second-order valence-electron chi connectivity index (χ2n) is 5.30. The van der Waals surface area contributed by atoms with Crippen LogP contribution >= 0.6 is 0 Å². The van der Waals surface area contributed by atoms with Crippen molar-refractivity contribution in [3.8, 4) is 0 Å². The average Bonchev–Trinajstić information content (AvgIpc) is 2.76. The van der Waals surface area contributed by atoms with E-state index in [1.54, 1.807) is 0 Å². The fourth-order valence-corrected chi connectivity index (χ4v) is 3.42. The number of rotatable bonds is 0. The Labute approximate surface area is 72.9 Å². The number of hydrogen-bond donors (Lipinski definition) is 1. The second-order valence-corrected chi connectivity index (χ2v) is 5.30. The molecule has 3 aliphatic carbocycles. The molecule has 1 spiro atoms. The molecule has 0 amide bonds. The maximum absolute atomic E-state index is 9.81. The number of fused-ring (bicyclic) bond motifs is 1. The van der Waals surface area contributed by atoms with Crippen LogP contribution in [0.5, 0.6) is 0 Å². The summed E-state index contributed by atoms with van der Waals surface area (Å²) in [6.07, 6.45) is 2.07. The first-order valence-corrected chi connectivity index (χ1v) is 4.89. The van der Waals surface area contributed by atoms with Gasteiger partial charge in [-0.2, -0.15) is 0 Å². The largest absolute Gasteiger partial charge is 0.390 e. The van der Waals surface area contributed by atoms with E-state index in [0.29, 0.717) is 11.3 Å². The summed E-state index contributed by atoms with van der Waals surface area (Å²) in [5.41, 5.74) is 0.327. The number of ether oxygens (including phenoxy) is 1. The Morgan fingerprint density at radius 1 is 1.33 bits per heavy atom. The molecule has 1 saturated heterocycles. The molecule has 2 unspecified atom stereocenters. The molecule has 1 heterocycles. The molecule has 2 heteroatoms. The number of hydrogen-bond acceptors (Lipinski definition) is 2. The first kappa shape index (κ1) is 7.34. The summed E-state index contributed by atoms with van der Waals surface area (Å²) in [5.74, 6) is 1.37. The highest BCUT2D eigenvalue weighted by Gasteiger charge is 2.71. The van der Waals surface area contributed by atoms with Crippen LogP contribution in [0.4, 0.5) is 0 Å². The van der Waals surface area contributed by atoms with Gasteiger partial charge in [0.2, 0.25) is 0 Å². The summed E-state index contributed by atoms with van der Waals surface area (Å²) in [7, 11) is 0. The summed E-state index contributed by atoms with van der Waals surface area (Å²) in [6.45, 7) is 5.44. The summed E-state index contributed by atoms with van der Waals surface area (Å²) in [5, 5.41) is 9.81. The zero-order chi connectivity index (χ0) is 8.56. The van der Waals surface area contributed by atoms with Crippen LogP contribution in [-0.2, 0) is 4.74 Å². The Bertz CT molecular complexity index is 230. The van der Waals surface area contributed by atoms with Crippen molar-refractivity contribution in [2.75, 3.05) is 6.61 Å². The van der Waals surface area contributed by atoms with Gasteiger partial charge in [0.05, 0.1) is 12.7 Å². The Hall–Kier alpha value is -0.0800. The van der Waals surface area contributed by atoms with Gasteiger partial charge in [0.1, 0.15) is 5.60 Å². The van der Waals surface area contributed by atoms with Crippen LogP contribution in [0.2, 0.25) is 0 Å². The van der Waals surface area contributed by atoms with Crippen molar-refractivity contribution in [3.63, 3.8) is 0 Å². The Balaban J connectivity index is 1.95. The highest BCUT2D eigenvalue weighted by Crippen LogP contribution is 2.67. The zero-order valence-electron chi connectivity index (χ0n) is 7.71. The average molecular weight is 168 g/mol. The minimum absolute atomic E-state index is 0.0990.